The molecule has 3 aromatic rings. The third kappa shape index (κ3) is 3.22. The Kier molecular flexibility index (Phi) is 4.77. The number of benzene rings is 2. The Balaban J connectivity index is 2.00. The number of nitrogens with zero attached hydrogens (tertiary/aromatic N) is 3. The first kappa shape index (κ1) is 18.1. The summed E-state index contributed by atoms with van der Waals surface area (Å²) in [7, 11) is 0. The molecule has 4 rings (SSSR count). The van der Waals surface area contributed by atoms with Gasteiger partial charge >= 0.3 is 0 Å². The fourth-order valence-corrected chi connectivity index (χ4v) is 3.79. The van der Waals surface area contributed by atoms with Crippen LogP contribution in [0.1, 0.15) is 24.8 Å². The lowest BCUT2D eigenvalue weighted by Gasteiger charge is -2.31. The van der Waals surface area contributed by atoms with Crippen molar-refractivity contribution in [2.75, 3.05) is 23.7 Å². The van der Waals surface area contributed by atoms with Gasteiger partial charge in [-0.15, -0.1) is 0 Å². The first-order chi connectivity index (χ1) is 13.6. The molecule has 0 spiro atoms. The summed E-state index contributed by atoms with van der Waals surface area (Å²) in [6, 6.07) is 14.5. The Morgan fingerprint density at radius 3 is 2.50 bits per heavy atom. The zero-order chi connectivity index (χ0) is 19.7. The van der Waals surface area contributed by atoms with Crippen LogP contribution in [0.4, 0.5) is 11.4 Å². The molecule has 3 N–H and O–H groups in total. The Morgan fingerprint density at radius 1 is 1.04 bits per heavy atom. The Morgan fingerprint density at radius 2 is 1.79 bits per heavy atom. The van der Waals surface area contributed by atoms with Crippen molar-refractivity contribution in [1.29, 1.82) is 0 Å². The maximum Gasteiger partial charge on any atom is 0.296 e. The van der Waals surface area contributed by atoms with Gasteiger partial charge in [-0.1, -0.05) is 30.3 Å². The number of hydrogen-bond donors (Lipinski definition) is 2. The van der Waals surface area contributed by atoms with E-state index in [-0.39, 0.29) is 17.0 Å². The number of nitrogen functional groups attached to an aromatic ring is 1. The molecule has 1 saturated heterocycles. The third-order valence-electron chi connectivity index (χ3n) is 5.25. The van der Waals surface area contributed by atoms with Crippen molar-refractivity contribution in [2.45, 2.75) is 26.2 Å². The molecule has 144 valence electrons. The zero-order valence-electron chi connectivity index (χ0n) is 15.9. The number of phenols is 1. The van der Waals surface area contributed by atoms with E-state index >= 15 is 0 Å². The average molecular weight is 376 g/mol. The summed E-state index contributed by atoms with van der Waals surface area (Å²) in [5.41, 5.74) is 10.1. The Labute approximate surface area is 163 Å². The van der Waals surface area contributed by atoms with Crippen LogP contribution in [0.2, 0.25) is 0 Å². The number of hydrogen-bond acceptors (Lipinski definition) is 5. The van der Waals surface area contributed by atoms with Crippen molar-refractivity contribution in [1.82, 2.24) is 9.78 Å². The lowest BCUT2D eigenvalue weighted by atomic mass is 10.0. The SMILES string of the molecule is Cc1ccccc1-c1nn(-c2cccc(O)c2)c(=O)c(N)c1N1CCCCC1. The van der Waals surface area contributed by atoms with E-state index in [0.29, 0.717) is 11.4 Å². The highest BCUT2D eigenvalue weighted by Crippen LogP contribution is 2.35. The maximum absolute atomic E-state index is 13.1. The van der Waals surface area contributed by atoms with E-state index in [1.54, 1.807) is 18.2 Å². The van der Waals surface area contributed by atoms with Gasteiger partial charge in [-0.05, 0) is 43.9 Å². The second kappa shape index (κ2) is 7.38. The Hall–Kier alpha value is -3.28. The van der Waals surface area contributed by atoms with E-state index in [0.717, 1.165) is 42.7 Å². The largest absolute Gasteiger partial charge is 0.508 e. The third-order valence-corrected chi connectivity index (χ3v) is 5.25. The summed E-state index contributed by atoms with van der Waals surface area (Å²) in [4.78, 5) is 15.3. The molecular weight excluding hydrogens is 352 g/mol. The molecule has 0 unspecified atom stereocenters. The van der Waals surface area contributed by atoms with Crippen LogP contribution < -0.4 is 16.2 Å². The number of piperidine rings is 1. The molecule has 28 heavy (non-hydrogen) atoms. The van der Waals surface area contributed by atoms with E-state index in [1.807, 2.05) is 31.2 Å². The van der Waals surface area contributed by atoms with E-state index in [4.69, 9.17) is 10.8 Å². The molecule has 0 amide bonds. The molecule has 1 aromatic heterocycles. The minimum Gasteiger partial charge on any atom is -0.508 e. The van der Waals surface area contributed by atoms with Gasteiger partial charge in [0.2, 0.25) is 0 Å². The van der Waals surface area contributed by atoms with Gasteiger partial charge in [0.15, 0.2) is 0 Å². The fraction of sp³-hybridized carbons (Fsp3) is 0.273. The van der Waals surface area contributed by atoms with Crippen LogP contribution in [0.15, 0.2) is 53.3 Å². The van der Waals surface area contributed by atoms with E-state index in [2.05, 4.69) is 4.90 Å². The average Bonchev–Trinajstić information content (AvgIpc) is 2.71. The van der Waals surface area contributed by atoms with Gasteiger partial charge in [0.25, 0.3) is 5.56 Å². The number of nitrogens with two attached hydrogens (primary N) is 1. The second-order valence-electron chi connectivity index (χ2n) is 7.21. The predicted octanol–water partition coefficient (Wildman–Crippen LogP) is 3.49. The van der Waals surface area contributed by atoms with Gasteiger partial charge < -0.3 is 15.7 Å². The van der Waals surface area contributed by atoms with Gasteiger partial charge in [0.1, 0.15) is 17.1 Å². The minimum absolute atomic E-state index is 0.0716. The molecule has 0 bridgehead atoms. The molecule has 1 fully saturated rings. The van der Waals surface area contributed by atoms with Gasteiger partial charge in [-0.2, -0.15) is 9.78 Å². The van der Waals surface area contributed by atoms with Crippen LogP contribution in [0.5, 0.6) is 5.75 Å². The number of aromatic nitrogens is 2. The van der Waals surface area contributed by atoms with Crippen molar-refractivity contribution in [3.8, 4) is 22.7 Å². The van der Waals surface area contributed by atoms with Crippen LogP contribution in [0, 0.1) is 6.92 Å². The van der Waals surface area contributed by atoms with Gasteiger partial charge in [0.05, 0.1) is 11.4 Å². The van der Waals surface area contributed by atoms with Gasteiger partial charge in [-0.25, -0.2) is 0 Å². The molecule has 2 heterocycles. The molecule has 0 atom stereocenters. The first-order valence-electron chi connectivity index (χ1n) is 9.59. The molecule has 0 saturated carbocycles. The normalized spacial score (nSPS) is 14.2. The van der Waals surface area contributed by atoms with Crippen LogP contribution in [-0.2, 0) is 0 Å². The molecule has 0 radical (unpaired) electrons. The number of aromatic hydroxyl groups is 1. The topological polar surface area (TPSA) is 84.4 Å². The lowest BCUT2D eigenvalue weighted by molar-refractivity contribution is 0.474. The highest BCUT2D eigenvalue weighted by atomic mass is 16.3. The molecular formula is C22H24N4O2. The van der Waals surface area contributed by atoms with Crippen molar-refractivity contribution < 1.29 is 5.11 Å². The maximum atomic E-state index is 13.1. The summed E-state index contributed by atoms with van der Waals surface area (Å²) in [6.45, 7) is 3.75. The fourth-order valence-electron chi connectivity index (χ4n) is 3.79. The van der Waals surface area contributed by atoms with Crippen LogP contribution in [0.25, 0.3) is 16.9 Å². The standard InChI is InChI=1S/C22H24N4O2/c1-15-8-3-4-11-18(15)20-21(25-12-5-2-6-13-25)19(23)22(28)26(24-20)16-9-7-10-17(27)14-16/h3-4,7-11,14,27H,2,5-6,12-13,23H2,1H3. The van der Waals surface area contributed by atoms with E-state index in [1.165, 1.54) is 17.2 Å². The number of rotatable bonds is 3. The first-order valence-corrected chi connectivity index (χ1v) is 9.59. The van der Waals surface area contributed by atoms with Gasteiger partial charge in [-0.3, -0.25) is 4.79 Å². The van der Waals surface area contributed by atoms with Crippen LogP contribution in [0.3, 0.4) is 0 Å². The molecule has 2 aromatic carbocycles. The van der Waals surface area contributed by atoms with E-state index in [9.17, 15) is 9.90 Å². The van der Waals surface area contributed by atoms with E-state index < -0.39 is 0 Å². The highest BCUT2D eigenvalue weighted by Gasteiger charge is 2.24. The number of phenolic OH excluding ortho intramolecular Hbond substituents is 1. The number of aryl methyl sites for hydroxylation is 1. The highest BCUT2D eigenvalue weighted by molar-refractivity contribution is 5.85. The molecule has 1 aliphatic heterocycles. The lowest BCUT2D eigenvalue weighted by Crippen LogP contribution is -2.35. The number of anilines is 2. The molecule has 6 heteroatoms. The summed E-state index contributed by atoms with van der Waals surface area (Å²) >= 11 is 0. The predicted molar refractivity (Wildman–Crippen MR) is 112 cm³/mol. The summed E-state index contributed by atoms with van der Waals surface area (Å²) in [5.74, 6) is 0.0716. The van der Waals surface area contributed by atoms with Gasteiger partial charge in [0, 0.05) is 24.7 Å². The molecule has 1 aliphatic rings. The van der Waals surface area contributed by atoms with Crippen LogP contribution >= 0.6 is 0 Å². The molecule has 0 aliphatic carbocycles. The van der Waals surface area contributed by atoms with Crippen molar-refractivity contribution in [3.05, 3.63) is 64.4 Å². The Bertz CT molecular complexity index is 1070. The monoisotopic (exact) mass is 376 g/mol. The summed E-state index contributed by atoms with van der Waals surface area (Å²) in [5, 5.41) is 14.6. The van der Waals surface area contributed by atoms with Crippen molar-refractivity contribution >= 4 is 11.4 Å². The van der Waals surface area contributed by atoms with Crippen LogP contribution in [-0.4, -0.2) is 28.0 Å². The zero-order valence-corrected chi connectivity index (χ0v) is 15.9. The van der Waals surface area contributed by atoms with Crippen molar-refractivity contribution in [2.24, 2.45) is 0 Å². The minimum atomic E-state index is -0.372. The molecule has 6 nitrogen and oxygen atoms in total. The summed E-state index contributed by atoms with van der Waals surface area (Å²) < 4.78 is 1.28. The smallest absolute Gasteiger partial charge is 0.296 e. The quantitative estimate of drug-likeness (QED) is 0.731. The summed E-state index contributed by atoms with van der Waals surface area (Å²) in [6.07, 6.45) is 3.33. The second-order valence-corrected chi connectivity index (χ2v) is 7.21. The van der Waals surface area contributed by atoms with Crippen molar-refractivity contribution in [3.63, 3.8) is 0 Å².